The van der Waals surface area contributed by atoms with Gasteiger partial charge in [0.15, 0.2) is 0 Å². The maximum Gasteiger partial charge on any atom is 0.145 e. The number of hydrogen-bond donors (Lipinski definition) is 1. The quantitative estimate of drug-likeness (QED) is 0.684. The first kappa shape index (κ1) is 10.8. The first-order valence-electron chi connectivity index (χ1n) is 6.55. The maximum absolute atomic E-state index is 12.8. The molecule has 0 aromatic carbocycles. The van der Waals surface area contributed by atoms with Crippen molar-refractivity contribution in [3.05, 3.63) is 0 Å². The molecule has 3 fully saturated rings. The van der Waals surface area contributed by atoms with E-state index in [9.17, 15) is 9.90 Å². The zero-order valence-electron chi connectivity index (χ0n) is 10.5. The first-order chi connectivity index (χ1) is 7.32. The van der Waals surface area contributed by atoms with Gasteiger partial charge in [-0.2, -0.15) is 0 Å². The van der Waals surface area contributed by atoms with Crippen LogP contribution in [-0.2, 0) is 4.79 Å². The van der Waals surface area contributed by atoms with Gasteiger partial charge in [-0.15, -0.1) is 0 Å². The largest absolute Gasteiger partial charge is 0.393 e. The van der Waals surface area contributed by atoms with Crippen molar-refractivity contribution >= 4 is 5.78 Å². The van der Waals surface area contributed by atoms with Gasteiger partial charge in [0.1, 0.15) is 5.78 Å². The molecule has 3 saturated carbocycles. The fraction of sp³-hybridized carbons (Fsp3) is 0.929. The summed E-state index contributed by atoms with van der Waals surface area (Å²) in [6, 6.07) is 0. The smallest absolute Gasteiger partial charge is 0.145 e. The van der Waals surface area contributed by atoms with Gasteiger partial charge in [0, 0.05) is 10.8 Å². The molecule has 2 heteroatoms. The van der Waals surface area contributed by atoms with Crippen molar-refractivity contribution in [2.45, 2.75) is 59.0 Å². The molecule has 3 rings (SSSR count). The third kappa shape index (κ3) is 0.958. The summed E-state index contributed by atoms with van der Waals surface area (Å²) in [6.07, 6.45) is 4.70. The second kappa shape index (κ2) is 2.72. The van der Waals surface area contributed by atoms with Crippen LogP contribution >= 0.6 is 0 Å². The van der Waals surface area contributed by atoms with E-state index in [1.165, 1.54) is 6.42 Å². The number of aliphatic hydroxyl groups is 1. The summed E-state index contributed by atoms with van der Waals surface area (Å²) in [5.41, 5.74) is -0.177. The Labute approximate surface area is 97.4 Å². The minimum Gasteiger partial charge on any atom is -0.393 e. The van der Waals surface area contributed by atoms with E-state index in [2.05, 4.69) is 20.8 Å². The van der Waals surface area contributed by atoms with Crippen LogP contribution in [0.4, 0.5) is 0 Å². The Balaban J connectivity index is 2.13. The van der Waals surface area contributed by atoms with Crippen molar-refractivity contribution < 1.29 is 9.90 Å². The van der Waals surface area contributed by atoms with Crippen LogP contribution < -0.4 is 0 Å². The molecule has 4 atom stereocenters. The fourth-order valence-electron chi connectivity index (χ4n) is 5.43. The molecule has 0 aromatic rings. The Bertz CT molecular complexity index is 360. The zero-order chi connectivity index (χ0) is 11.8. The molecular weight excluding hydrogens is 200 g/mol. The highest BCUT2D eigenvalue weighted by molar-refractivity contribution is 5.94. The van der Waals surface area contributed by atoms with Crippen molar-refractivity contribution in [2.75, 3.05) is 0 Å². The van der Waals surface area contributed by atoms with E-state index in [1.54, 1.807) is 0 Å². The van der Waals surface area contributed by atoms with Gasteiger partial charge < -0.3 is 5.11 Å². The van der Waals surface area contributed by atoms with Crippen LogP contribution in [0.3, 0.4) is 0 Å². The molecular formula is C14H22O2. The van der Waals surface area contributed by atoms with E-state index in [4.69, 9.17) is 0 Å². The second-order valence-electron chi connectivity index (χ2n) is 7.25. The average Bonchev–Trinajstić information content (AvgIpc) is 2.65. The Morgan fingerprint density at radius 1 is 1.31 bits per heavy atom. The van der Waals surface area contributed by atoms with E-state index in [-0.39, 0.29) is 22.3 Å². The monoisotopic (exact) mass is 222 g/mol. The van der Waals surface area contributed by atoms with Crippen molar-refractivity contribution in [1.29, 1.82) is 0 Å². The molecule has 1 spiro atoms. The van der Waals surface area contributed by atoms with Gasteiger partial charge in [-0.25, -0.2) is 0 Å². The van der Waals surface area contributed by atoms with Gasteiger partial charge in [-0.3, -0.25) is 4.79 Å². The van der Waals surface area contributed by atoms with Gasteiger partial charge in [-0.1, -0.05) is 20.8 Å². The minimum absolute atomic E-state index is 0.162. The highest BCUT2D eigenvalue weighted by Gasteiger charge is 2.72. The molecule has 2 unspecified atom stereocenters. The molecule has 0 bridgehead atoms. The fourth-order valence-corrected chi connectivity index (χ4v) is 5.43. The number of hydrogen-bond acceptors (Lipinski definition) is 2. The van der Waals surface area contributed by atoms with E-state index < -0.39 is 0 Å². The van der Waals surface area contributed by atoms with Crippen molar-refractivity contribution in [3.8, 4) is 0 Å². The summed E-state index contributed by atoms with van der Waals surface area (Å²) in [4.78, 5) is 12.8. The lowest BCUT2D eigenvalue weighted by Crippen LogP contribution is -2.39. The molecule has 0 radical (unpaired) electrons. The molecule has 16 heavy (non-hydrogen) atoms. The molecule has 0 aromatic heterocycles. The molecule has 90 valence electrons. The number of rotatable bonds is 0. The molecule has 2 nitrogen and oxygen atoms in total. The summed E-state index contributed by atoms with van der Waals surface area (Å²) >= 11 is 0. The summed E-state index contributed by atoms with van der Waals surface area (Å²) in [5.74, 6) is 0.906. The summed E-state index contributed by atoms with van der Waals surface area (Å²) < 4.78 is 0. The summed E-state index contributed by atoms with van der Waals surface area (Å²) in [6.45, 7) is 6.47. The Kier molecular flexibility index (Phi) is 1.83. The normalized spacial score (nSPS) is 54.1. The van der Waals surface area contributed by atoms with Crippen LogP contribution in [0.2, 0.25) is 0 Å². The Morgan fingerprint density at radius 2 is 2.00 bits per heavy atom. The van der Waals surface area contributed by atoms with Gasteiger partial charge in [0.25, 0.3) is 0 Å². The molecule has 3 aliphatic rings. The average molecular weight is 222 g/mol. The lowest BCUT2D eigenvalue weighted by Gasteiger charge is -2.36. The minimum atomic E-state index is -0.234. The number of aliphatic hydroxyl groups excluding tert-OH is 1. The maximum atomic E-state index is 12.8. The predicted molar refractivity (Wildman–Crippen MR) is 61.9 cm³/mol. The van der Waals surface area contributed by atoms with Gasteiger partial charge in [0.2, 0.25) is 0 Å². The third-order valence-corrected chi connectivity index (χ3v) is 5.78. The zero-order valence-corrected chi connectivity index (χ0v) is 10.5. The molecule has 0 aliphatic heterocycles. The van der Waals surface area contributed by atoms with Crippen LogP contribution in [0.25, 0.3) is 0 Å². The summed E-state index contributed by atoms with van der Waals surface area (Å²) in [7, 11) is 0. The number of carbonyl (C=O) groups is 1. The van der Waals surface area contributed by atoms with E-state index in [0.717, 1.165) is 25.7 Å². The SMILES string of the molecule is CC1(C)C[C@]2(C)CC[C@H]3CC(O)CC32C1=O. The predicted octanol–water partition coefficient (Wildman–Crippen LogP) is 2.54. The lowest BCUT2D eigenvalue weighted by atomic mass is 9.66. The van der Waals surface area contributed by atoms with Crippen LogP contribution in [0, 0.1) is 22.2 Å². The molecule has 3 aliphatic carbocycles. The number of Topliss-reactive ketones (excluding diaryl/α,β-unsaturated/α-hetero) is 1. The van der Waals surface area contributed by atoms with Gasteiger partial charge in [-0.05, 0) is 43.4 Å². The molecule has 0 amide bonds. The van der Waals surface area contributed by atoms with E-state index in [1.807, 2.05) is 0 Å². The lowest BCUT2D eigenvalue weighted by molar-refractivity contribution is -0.135. The summed E-state index contributed by atoms with van der Waals surface area (Å²) in [5, 5.41) is 9.93. The van der Waals surface area contributed by atoms with Crippen molar-refractivity contribution in [2.24, 2.45) is 22.2 Å². The van der Waals surface area contributed by atoms with Crippen LogP contribution in [0.5, 0.6) is 0 Å². The molecule has 1 N–H and O–H groups in total. The molecule has 0 heterocycles. The van der Waals surface area contributed by atoms with Crippen LogP contribution in [-0.4, -0.2) is 17.0 Å². The standard InChI is InChI=1S/C14H22O2/c1-12(2)8-13(3)5-4-9-6-10(15)7-14(9,13)11(12)16/h9-10,15H,4-8H2,1-3H3/t9-,10?,13-,14?/m0/s1. The van der Waals surface area contributed by atoms with Crippen LogP contribution in [0.15, 0.2) is 0 Å². The highest BCUT2D eigenvalue weighted by atomic mass is 16.3. The van der Waals surface area contributed by atoms with E-state index in [0.29, 0.717) is 11.7 Å². The number of ketones is 1. The van der Waals surface area contributed by atoms with E-state index >= 15 is 0 Å². The topological polar surface area (TPSA) is 37.3 Å². The van der Waals surface area contributed by atoms with Gasteiger partial charge in [0.05, 0.1) is 6.10 Å². The Morgan fingerprint density at radius 3 is 2.69 bits per heavy atom. The molecule has 0 saturated heterocycles. The highest BCUT2D eigenvalue weighted by Crippen LogP contribution is 2.72. The van der Waals surface area contributed by atoms with Crippen molar-refractivity contribution in [1.82, 2.24) is 0 Å². The third-order valence-electron chi connectivity index (χ3n) is 5.78. The van der Waals surface area contributed by atoms with Gasteiger partial charge >= 0.3 is 0 Å². The van der Waals surface area contributed by atoms with Crippen LogP contribution in [0.1, 0.15) is 52.9 Å². The van der Waals surface area contributed by atoms with Crippen molar-refractivity contribution in [3.63, 3.8) is 0 Å². The number of carbonyl (C=O) groups excluding carboxylic acids is 1. The second-order valence-corrected chi connectivity index (χ2v) is 7.25. The Hall–Kier alpha value is -0.370. The first-order valence-corrected chi connectivity index (χ1v) is 6.55.